The average Bonchev–Trinajstić information content (AvgIpc) is 2.38. The number of allylic oxidation sites excluding steroid dienone is 2. The molecule has 0 aliphatic rings. The van der Waals surface area contributed by atoms with Crippen LogP contribution in [0.5, 0.6) is 0 Å². The fourth-order valence-electron chi connectivity index (χ4n) is 1.79. The van der Waals surface area contributed by atoms with Gasteiger partial charge in [-0.15, -0.1) is 0 Å². The molecule has 0 bridgehead atoms. The van der Waals surface area contributed by atoms with Crippen LogP contribution in [0.2, 0.25) is 0 Å². The number of benzene rings is 2. The van der Waals surface area contributed by atoms with Gasteiger partial charge in [0.2, 0.25) is 0 Å². The van der Waals surface area contributed by atoms with E-state index in [-0.39, 0.29) is 0 Å². The van der Waals surface area contributed by atoms with Crippen LogP contribution in [-0.4, -0.2) is 0 Å². The molecule has 84 valence electrons. The molecular weight excluding hydrogens is 204 g/mol. The van der Waals surface area contributed by atoms with E-state index in [0.29, 0.717) is 0 Å². The average molecular weight is 220 g/mol. The van der Waals surface area contributed by atoms with Crippen molar-refractivity contribution >= 4 is 11.6 Å². The Hall–Kier alpha value is -2.08. The topological polar surface area (TPSA) is 0 Å². The minimum Gasteiger partial charge on any atom is -0.0955 e. The maximum atomic E-state index is 4.06. The molecule has 0 amide bonds. The molecule has 0 aromatic heterocycles. The second kappa shape index (κ2) is 5.31. The van der Waals surface area contributed by atoms with Crippen LogP contribution in [0.15, 0.2) is 72.8 Å². The van der Waals surface area contributed by atoms with Gasteiger partial charge in [0.15, 0.2) is 0 Å². The molecule has 0 spiro atoms. The Labute approximate surface area is 103 Å². The van der Waals surface area contributed by atoms with Crippen LogP contribution in [0.1, 0.15) is 18.1 Å². The van der Waals surface area contributed by atoms with E-state index in [1.165, 1.54) is 16.7 Å². The molecule has 0 saturated carbocycles. The standard InChI is InChI=1S/C17H16/c1-14(2)17(16-11-7-4-8-12-16)13-15-9-5-3-6-10-15/h3-13H,1H2,2H3. The SMILES string of the molecule is C=C(C)C(=Cc1ccccc1)c1ccccc1. The molecule has 0 heteroatoms. The van der Waals surface area contributed by atoms with Crippen molar-refractivity contribution in [2.75, 3.05) is 0 Å². The number of rotatable bonds is 3. The Balaban J connectivity index is 2.44. The van der Waals surface area contributed by atoms with E-state index >= 15 is 0 Å². The van der Waals surface area contributed by atoms with Gasteiger partial charge in [0.1, 0.15) is 0 Å². The third-order valence-electron chi connectivity index (χ3n) is 2.66. The van der Waals surface area contributed by atoms with E-state index in [0.717, 1.165) is 5.57 Å². The number of hydrogen-bond acceptors (Lipinski definition) is 0. The third-order valence-corrected chi connectivity index (χ3v) is 2.66. The highest BCUT2D eigenvalue weighted by Gasteiger charge is 2.01. The summed E-state index contributed by atoms with van der Waals surface area (Å²) < 4.78 is 0. The molecule has 0 radical (unpaired) electrons. The van der Waals surface area contributed by atoms with E-state index in [2.05, 4.69) is 49.1 Å². The minimum absolute atomic E-state index is 1.08. The van der Waals surface area contributed by atoms with Crippen molar-refractivity contribution in [3.05, 3.63) is 83.9 Å². The highest BCUT2D eigenvalue weighted by Crippen LogP contribution is 2.24. The Morgan fingerprint density at radius 2 is 1.41 bits per heavy atom. The van der Waals surface area contributed by atoms with Gasteiger partial charge < -0.3 is 0 Å². The monoisotopic (exact) mass is 220 g/mol. The smallest absolute Gasteiger partial charge is 0.0155 e. The van der Waals surface area contributed by atoms with Crippen molar-refractivity contribution in [2.24, 2.45) is 0 Å². The summed E-state index contributed by atoms with van der Waals surface area (Å²) in [6.07, 6.45) is 2.18. The van der Waals surface area contributed by atoms with Crippen LogP contribution in [0.4, 0.5) is 0 Å². The summed E-state index contributed by atoms with van der Waals surface area (Å²) in [5.41, 5.74) is 4.69. The summed E-state index contributed by atoms with van der Waals surface area (Å²) in [6, 6.07) is 20.7. The summed E-state index contributed by atoms with van der Waals surface area (Å²) in [5, 5.41) is 0. The molecule has 0 atom stereocenters. The normalized spacial score (nSPS) is 11.2. The predicted octanol–water partition coefficient (Wildman–Crippen LogP) is 4.80. The largest absolute Gasteiger partial charge is 0.0955 e. The van der Waals surface area contributed by atoms with Crippen LogP contribution >= 0.6 is 0 Å². The third kappa shape index (κ3) is 2.94. The lowest BCUT2D eigenvalue weighted by atomic mass is 9.98. The second-order valence-corrected chi connectivity index (χ2v) is 4.12. The van der Waals surface area contributed by atoms with Gasteiger partial charge in [0.25, 0.3) is 0 Å². The van der Waals surface area contributed by atoms with Gasteiger partial charge in [-0.2, -0.15) is 0 Å². The molecule has 0 fully saturated rings. The molecule has 0 aliphatic heterocycles. The van der Waals surface area contributed by atoms with Crippen LogP contribution in [0.3, 0.4) is 0 Å². The van der Waals surface area contributed by atoms with Crippen molar-refractivity contribution < 1.29 is 0 Å². The van der Waals surface area contributed by atoms with E-state index in [1.807, 2.05) is 31.2 Å². The molecule has 2 rings (SSSR count). The van der Waals surface area contributed by atoms with E-state index in [9.17, 15) is 0 Å². The lowest BCUT2D eigenvalue weighted by Crippen LogP contribution is -1.85. The lowest BCUT2D eigenvalue weighted by molar-refractivity contribution is 1.52. The zero-order valence-electron chi connectivity index (χ0n) is 10.1. The van der Waals surface area contributed by atoms with Crippen molar-refractivity contribution in [3.63, 3.8) is 0 Å². The van der Waals surface area contributed by atoms with Gasteiger partial charge in [-0.1, -0.05) is 72.8 Å². The van der Waals surface area contributed by atoms with Crippen molar-refractivity contribution in [1.29, 1.82) is 0 Å². The van der Waals surface area contributed by atoms with Crippen LogP contribution < -0.4 is 0 Å². The summed E-state index contributed by atoms with van der Waals surface area (Å²) in [7, 11) is 0. The van der Waals surface area contributed by atoms with E-state index in [1.54, 1.807) is 0 Å². The number of hydrogen-bond donors (Lipinski definition) is 0. The maximum Gasteiger partial charge on any atom is -0.0155 e. The van der Waals surface area contributed by atoms with Gasteiger partial charge >= 0.3 is 0 Å². The summed E-state index contributed by atoms with van der Waals surface area (Å²) in [5.74, 6) is 0. The quantitative estimate of drug-likeness (QED) is 0.514. The van der Waals surface area contributed by atoms with Gasteiger partial charge in [-0.05, 0) is 29.7 Å². The first-order valence-electron chi connectivity index (χ1n) is 5.75. The summed E-state index contributed by atoms with van der Waals surface area (Å²) >= 11 is 0. The Morgan fingerprint density at radius 3 is 1.94 bits per heavy atom. The molecule has 0 saturated heterocycles. The Morgan fingerprint density at radius 1 is 0.882 bits per heavy atom. The molecule has 0 N–H and O–H groups in total. The zero-order valence-corrected chi connectivity index (χ0v) is 10.1. The fraction of sp³-hybridized carbons (Fsp3) is 0.0588. The Kier molecular flexibility index (Phi) is 3.56. The van der Waals surface area contributed by atoms with Gasteiger partial charge in [-0.3, -0.25) is 0 Å². The van der Waals surface area contributed by atoms with E-state index < -0.39 is 0 Å². The maximum absolute atomic E-state index is 4.06. The molecule has 17 heavy (non-hydrogen) atoms. The minimum atomic E-state index is 1.08. The van der Waals surface area contributed by atoms with Crippen molar-refractivity contribution in [1.82, 2.24) is 0 Å². The molecule has 2 aromatic carbocycles. The molecule has 2 aromatic rings. The predicted molar refractivity (Wildman–Crippen MR) is 75.6 cm³/mol. The van der Waals surface area contributed by atoms with Crippen molar-refractivity contribution in [3.8, 4) is 0 Å². The highest BCUT2D eigenvalue weighted by atomic mass is 14.1. The molecule has 0 unspecified atom stereocenters. The van der Waals surface area contributed by atoms with Crippen LogP contribution in [0.25, 0.3) is 11.6 Å². The van der Waals surface area contributed by atoms with Crippen LogP contribution in [0, 0.1) is 0 Å². The summed E-state index contributed by atoms with van der Waals surface area (Å²) in [6.45, 7) is 6.10. The second-order valence-electron chi connectivity index (χ2n) is 4.12. The van der Waals surface area contributed by atoms with Gasteiger partial charge in [0.05, 0.1) is 0 Å². The van der Waals surface area contributed by atoms with Crippen molar-refractivity contribution in [2.45, 2.75) is 6.92 Å². The molecular formula is C17H16. The molecule has 0 heterocycles. The van der Waals surface area contributed by atoms with Gasteiger partial charge in [-0.25, -0.2) is 0 Å². The fourth-order valence-corrected chi connectivity index (χ4v) is 1.79. The molecule has 0 aliphatic carbocycles. The first-order valence-corrected chi connectivity index (χ1v) is 5.75. The zero-order chi connectivity index (χ0) is 12.1. The van der Waals surface area contributed by atoms with Crippen LogP contribution in [-0.2, 0) is 0 Å². The van der Waals surface area contributed by atoms with Gasteiger partial charge in [0, 0.05) is 0 Å². The highest BCUT2D eigenvalue weighted by molar-refractivity contribution is 5.90. The van der Waals surface area contributed by atoms with E-state index in [4.69, 9.17) is 0 Å². The molecule has 0 nitrogen and oxygen atoms in total. The lowest BCUT2D eigenvalue weighted by Gasteiger charge is -2.07. The summed E-state index contributed by atoms with van der Waals surface area (Å²) in [4.78, 5) is 0. The first kappa shape index (κ1) is 11.4. The Bertz CT molecular complexity index is 518. The first-order chi connectivity index (χ1) is 8.27.